The standard InChI is InChI=1S/C14H17FN6O/c1-9-5-10(2)21(19-9)12-6-11(17-8-18-12)20-4-3-14(15,7-20)13(16)22/h5-6,8H,3-4,7H2,1-2H3,(H2,16,22). The molecule has 1 unspecified atom stereocenters. The summed E-state index contributed by atoms with van der Waals surface area (Å²) >= 11 is 0. The summed E-state index contributed by atoms with van der Waals surface area (Å²) in [6.45, 7) is 4.12. The fraction of sp³-hybridized carbons (Fsp3) is 0.429. The highest BCUT2D eigenvalue weighted by molar-refractivity contribution is 5.85. The fourth-order valence-electron chi connectivity index (χ4n) is 2.66. The lowest BCUT2D eigenvalue weighted by Crippen LogP contribution is -2.42. The van der Waals surface area contributed by atoms with Gasteiger partial charge in [-0.05, 0) is 19.9 Å². The molecule has 0 radical (unpaired) electrons. The molecule has 1 amide bonds. The van der Waals surface area contributed by atoms with Crippen LogP contribution >= 0.6 is 0 Å². The highest BCUT2D eigenvalue weighted by Gasteiger charge is 2.44. The monoisotopic (exact) mass is 304 g/mol. The van der Waals surface area contributed by atoms with E-state index in [0.29, 0.717) is 18.2 Å². The summed E-state index contributed by atoms with van der Waals surface area (Å²) in [4.78, 5) is 21.3. The van der Waals surface area contributed by atoms with Crippen LogP contribution in [-0.4, -0.2) is 44.4 Å². The minimum Gasteiger partial charge on any atom is -0.367 e. The Bertz CT molecular complexity index is 730. The first-order valence-corrected chi connectivity index (χ1v) is 6.98. The van der Waals surface area contributed by atoms with Gasteiger partial charge in [0.25, 0.3) is 5.91 Å². The molecule has 2 aromatic heterocycles. The zero-order chi connectivity index (χ0) is 15.9. The third-order valence-electron chi connectivity index (χ3n) is 3.85. The second-order valence-corrected chi connectivity index (χ2v) is 5.57. The number of rotatable bonds is 3. The van der Waals surface area contributed by atoms with Crippen molar-refractivity contribution in [3.8, 4) is 5.82 Å². The highest BCUT2D eigenvalue weighted by Crippen LogP contribution is 2.29. The summed E-state index contributed by atoms with van der Waals surface area (Å²) in [5.74, 6) is 0.229. The number of carbonyl (C=O) groups is 1. The first-order chi connectivity index (χ1) is 10.4. The van der Waals surface area contributed by atoms with Gasteiger partial charge in [0.2, 0.25) is 5.67 Å². The van der Waals surface area contributed by atoms with Gasteiger partial charge in [-0.15, -0.1) is 0 Å². The van der Waals surface area contributed by atoms with Gasteiger partial charge in [-0.2, -0.15) is 5.10 Å². The molecule has 1 fully saturated rings. The largest absolute Gasteiger partial charge is 0.367 e. The van der Waals surface area contributed by atoms with E-state index in [1.54, 1.807) is 15.6 Å². The number of nitrogens with two attached hydrogens (primary N) is 1. The molecule has 8 heteroatoms. The first kappa shape index (κ1) is 14.4. The van der Waals surface area contributed by atoms with E-state index in [4.69, 9.17) is 5.73 Å². The van der Waals surface area contributed by atoms with Crippen LogP contribution in [0.25, 0.3) is 5.82 Å². The molecule has 0 aliphatic carbocycles. The maximum atomic E-state index is 14.3. The number of anilines is 1. The number of aromatic nitrogens is 4. The second kappa shape index (κ2) is 5.04. The van der Waals surface area contributed by atoms with Gasteiger partial charge in [-0.1, -0.05) is 0 Å². The molecule has 1 aliphatic rings. The molecule has 1 saturated heterocycles. The molecule has 2 aromatic rings. The number of amides is 1. The van der Waals surface area contributed by atoms with E-state index in [1.807, 2.05) is 19.9 Å². The molecular formula is C14H17FN6O. The Morgan fingerprint density at radius 1 is 1.32 bits per heavy atom. The molecule has 116 valence electrons. The summed E-state index contributed by atoms with van der Waals surface area (Å²) in [6.07, 6.45) is 1.48. The fourth-order valence-corrected chi connectivity index (χ4v) is 2.66. The lowest BCUT2D eigenvalue weighted by Gasteiger charge is -2.19. The average molecular weight is 304 g/mol. The number of alkyl halides is 1. The molecule has 0 bridgehead atoms. The molecular weight excluding hydrogens is 287 g/mol. The number of aryl methyl sites for hydroxylation is 2. The van der Waals surface area contributed by atoms with E-state index < -0.39 is 11.6 Å². The zero-order valence-electron chi connectivity index (χ0n) is 12.5. The van der Waals surface area contributed by atoms with Crippen molar-refractivity contribution in [1.82, 2.24) is 19.7 Å². The van der Waals surface area contributed by atoms with Gasteiger partial charge in [0.15, 0.2) is 5.82 Å². The van der Waals surface area contributed by atoms with Crippen molar-refractivity contribution >= 4 is 11.7 Å². The number of halogens is 1. The van der Waals surface area contributed by atoms with Gasteiger partial charge >= 0.3 is 0 Å². The minimum absolute atomic E-state index is 0.0710. The number of hydrogen-bond acceptors (Lipinski definition) is 5. The van der Waals surface area contributed by atoms with Crippen LogP contribution in [0.2, 0.25) is 0 Å². The number of nitrogens with zero attached hydrogens (tertiary/aromatic N) is 5. The van der Waals surface area contributed by atoms with Crippen LogP contribution in [0.5, 0.6) is 0 Å². The van der Waals surface area contributed by atoms with E-state index in [-0.39, 0.29) is 13.0 Å². The molecule has 0 aromatic carbocycles. The van der Waals surface area contributed by atoms with Crippen molar-refractivity contribution < 1.29 is 9.18 Å². The predicted octanol–water partition coefficient (Wildman–Crippen LogP) is 0.683. The van der Waals surface area contributed by atoms with E-state index in [2.05, 4.69) is 15.1 Å². The molecule has 0 saturated carbocycles. The Kier molecular flexibility index (Phi) is 3.31. The van der Waals surface area contributed by atoms with Crippen LogP contribution in [0, 0.1) is 13.8 Å². The molecule has 1 atom stereocenters. The molecule has 2 N–H and O–H groups in total. The summed E-state index contributed by atoms with van der Waals surface area (Å²) in [7, 11) is 0. The van der Waals surface area contributed by atoms with Crippen molar-refractivity contribution in [2.75, 3.05) is 18.0 Å². The van der Waals surface area contributed by atoms with E-state index in [1.165, 1.54) is 6.33 Å². The lowest BCUT2D eigenvalue weighted by atomic mass is 10.1. The number of carbonyl (C=O) groups excluding carboxylic acids is 1. The van der Waals surface area contributed by atoms with Crippen LogP contribution in [0.15, 0.2) is 18.5 Å². The first-order valence-electron chi connectivity index (χ1n) is 6.98. The normalized spacial score (nSPS) is 21.3. The van der Waals surface area contributed by atoms with Crippen LogP contribution in [0.3, 0.4) is 0 Å². The van der Waals surface area contributed by atoms with Crippen molar-refractivity contribution in [1.29, 1.82) is 0 Å². The molecule has 0 spiro atoms. The topological polar surface area (TPSA) is 89.9 Å². The smallest absolute Gasteiger partial charge is 0.257 e. The molecule has 3 heterocycles. The third-order valence-corrected chi connectivity index (χ3v) is 3.85. The molecule has 7 nitrogen and oxygen atoms in total. The molecule has 1 aliphatic heterocycles. The Morgan fingerprint density at radius 3 is 2.64 bits per heavy atom. The summed E-state index contributed by atoms with van der Waals surface area (Å²) in [6, 6.07) is 3.67. The maximum absolute atomic E-state index is 14.3. The van der Waals surface area contributed by atoms with E-state index in [9.17, 15) is 9.18 Å². The summed E-state index contributed by atoms with van der Waals surface area (Å²) in [5.41, 5.74) is 4.96. The molecule has 3 rings (SSSR count). The Balaban J connectivity index is 1.90. The van der Waals surface area contributed by atoms with Gasteiger partial charge in [0.1, 0.15) is 12.1 Å². The van der Waals surface area contributed by atoms with Gasteiger partial charge in [0, 0.05) is 24.7 Å². The summed E-state index contributed by atoms with van der Waals surface area (Å²) in [5, 5.41) is 4.36. The summed E-state index contributed by atoms with van der Waals surface area (Å²) < 4.78 is 16.0. The van der Waals surface area contributed by atoms with Crippen molar-refractivity contribution in [2.24, 2.45) is 5.73 Å². The number of hydrogen-bond donors (Lipinski definition) is 1. The third kappa shape index (κ3) is 2.40. The van der Waals surface area contributed by atoms with Crippen molar-refractivity contribution in [2.45, 2.75) is 25.9 Å². The van der Waals surface area contributed by atoms with Crippen LogP contribution in [0.4, 0.5) is 10.2 Å². The minimum atomic E-state index is -2.00. The maximum Gasteiger partial charge on any atom is 0.257 e. The predicted molar refractivity (Wildman–Crippen MR) is 78.5 cm³/mol. The van der Waals surface area contributed by atoms with Gasteiger partial charge < -0.3 is 10.6 Å². The number of primary amides is 1. The van der Waals surface area contributed by atoms with Gasteiger partial charge in [-0.3, -0.25) is 4.79 Å². The molecule has 22 heavy (non-hydrogen) atoms. The Hall–Kier alpha value is -2.51. The van der Waals surface area contributed by atoms with Gasteiger partial charge in [0.05, 0.1) is 12.2 Å². The quantitative estimate of drug-likeness (QED) is 0.900. The van der Waals surface area contributed by atoms with Crippen molar-refractivity contribution in [3.05, 3.63) is 29.8 Å². The van der Waals surface area contributed by atoms with Crippen LogP contribution in [0.1, 0.15) is 17.8 Å². The SMILES string of the molecule is Cc1cc(C)n(-c2cc(N3CCC(F)(C(N)=O)C3)ncn2)n1. The van der Waals surface area contributed by atoms with E-state index >= 15 is 0 Å². The Labute approximate surface area is 127 Å². The Morgan fingerprint density at radius 2 is 2.05 bits per heavy atom. The van der Waals surface area contributed by atoms with Gasteiger partial charge in [-0.25, -0.2) is 19.0 Å². The highest BCUT2D eigenvalue weighted by atomic mass is 19.1. The van der Waals surface area contributed by atoms with E-state index in [0.717, 1.165) is 11.4 Å². The lowest BCUT2D eigenvalue weighted by molar-refractivity contribution is -0.128. The van der Waals surface area contributed by atoms with Crippen LogP contribution in [-0.2, 0) is 4.79 Å². The second-order valence-electron chi connectivity index (χ2n) is 5.57. The zero-order valence-corrected chi connectivity index (χ0v) is 12.5. The van der Waals surface area contributed by atoms with Crippen LogP contribution < -0.4 is 10.6 Å². The average Bonchev–Trinajstić information content (AvgIpc) is 3.03. The van der Waals surface area contributed by atoms with Crippen molar-refractivity contribution in [3.63, 3.8) is 0 Å².